The van der Waals surface area contributed by atoms with E-state index in [0.29, 0.717) is 10.8 Å². The molecular formula is C23H24ClN3O3S. The third-order valence-corrected chi connectivity index (χ3v) is 5.52. The topological polar surface area (TPSA) is 73.2 Å². The van der Waals surface area contributed by atoms with E-state index in [1.807, 2.05) is 48.5 Å². The minimum absolute atomic E-state index is 0.102. The molecule has 0 saturated heterocycles. The SMILES string of the molecule is CC(C)(C)c1cc(NC(=O)COC(=O)CSc2ccc(Cl)cc2)n(-c2ccccc2)n1. The number of para-hydroxylation sites is 1. The van der Waals surface area contributed by atoms with Crippen molar-refractivity contribution in [2.24, 2.45) is 0 Å². The van der Waals surface area contributed by atoms with Gasteiger partial charge in [0, 0.05) is 21.4 Å². The minimum Gasteiger partial charge on any atom is -0.455 e. The summed E-state index contributed by atoms with van der Waals surface area (Å²) in [5.41, 5.74) is 1.47. The first-order valence-electron chi connectivity index (χ1n) is 9.72. The number of nitrogens with zero attached hydrogens (tertiary/aromatic N) is 2. The fourth-order valence-electron chi connectivity index (χ4n) is 2.64. The van der Waals surface area contributed by atoms with Crippen molar-refractivity contribution in [1.82, 2.24) is 9.78 Å². The highest BCUT2D eigenvalue weighted by molar-refractivity contribution is 8.00. The number of anilines is 1. The monoisotopic (exact) mass is 457 g/mol. The molecule has 8 heteroatoms. The van der Waals surface area contributed by atoms with Crippen molar-refractivity contribution in [2.45, 2.75) is 31.1 Å². The summed E-state index contributed by atoms with van der Waals surface area (Å²) in [7, 11) is 0. The molecule has 2 aromatic carbocycles. The van der Waals surface area contributed by atoms with Crippen LogP contribution in [0.1, 0.15) is 26.5 Å². The number of carbonyl (C=O) groups is 2. The number of thioether (sulfide) groups is 1. The molecule has 162 valence electrons. The molecule has 0 radical (unpaired) electrons. The van der Waals surface area contributed by atoms with Gasteiger partial charge in [0.25, 0.3) is 5.91 Å². The van der Waals surface area contributed by atoms with Crippen LogP contribution in [0.15, 0.2) is 65.6 Å². The number of aromatic nitrogens is 2. The molecule has 31 heavy (non-hydrogen) atoms. The van der Waals surface area contributed by atoms with E-state index in [2.05, 4.69) is 31.2 Å². The van der Waals surface area contributed by atoms with Crippen molar-refractivity contribution < 1.29 is 14.3 Å². The van der Waals surface area contributed by atoms with Crippen LogP contribution in [0, 0.1) is 0 Å². The quantitative estimate of drug-likeness (QED) is 0.395. The number of hydrogen-bond donors (Lipinski definition) is 1. The lowest BCUT2D eigenvalue weighted by molar-refractivity contribution is -0.144. The van der Waals surface area contributed by atoms with Gasteiger partial charge in [0.05, 0.1) is 17.1 Å². The van der Waals surface area contributed by atoms with Gasteiger partial charge in [-0.1, -0.05) is 50.6 Å². The first kappa shape index (κ1) is 22.9. The fraction of sp³-hybridized carbons (Fsp3) is 0.261. The first-order chi connectivity index (χ1) is 14.7. The molecule has 0 bridgehead atoms. The molecule has 0 aliphatic rings. The predicted octanol–water partition coefficient (Wildman–Crippen LogP) is 5.10. The van der Waals surface area contributed by atoms with Crippen LogP contribution >= 0.6 is 23.4 Å². The van der Waals surface area contributed by atoms with Crippen LogP contribution in [-0.2, 0) is 19.7 Å². The van der Waals surface area contributed by atoms with E-state index in [4.69, 9.17) is 16.3 Å². The van der Waals surface area contributed by atoms with Gasteiger partial charge in [-0.15, -0.1) is 11.8 Å². The van der Waals surface area contributed by atoms with Crippen molar-refractivity contribution in [3.8, 4) is 5.69 Å². The molecule has 0 aliphatic heterocycles. The van der Waals surface area contributed by atoms with Crippen LogP contribution in [0.3, 0.4) is 0 Å². The van der Waals surface area contributed by atoms with Gasteiger partial charge in [-0.05, 0) is 36.4 Å². The van der Waals surface area contributed by atoms with Gasteiger partial charge in [-0.3, -0.25) is 9.59 Å². The smallest absolute Gasteiger partial charge is 0.316 e. The first-order valence-corrected chi connectivity index (χ1v) is 11.1. The Morgan fingerprint density at radius 3 is 2.42 bits per heavy atom. The molecule has 3 aromatic rings. The second-order valence-corrected chi connectivity index (χ2v) is 9.35. The Hall–Kier alpha value is -2.77. The van der Waals surface area contributed by atoms with Gasteiger partial charge in [-0.2, -0.15) is 5.10 Å². The average molecular weight is 458 g/mol. The Morgan fingerprint density at radius 2 is 1.77 bits per heavy atom. The molecule has 0 unspecified atom stereocenters. The zero-order valence-corrected chi connectivity index (χ0v) is 19.2. The lowest BCUT2D eigenvalue weighted by Crippen LogP contribution is -2.23. The Morgan fingerprint density at radius 1 is 1.10 bits per heavy atom. The molecule has 0 aliphatic carbocycles. The second kappa shape index (κ2) is 10.0. The van der Waals surface area contributed by atoms with Crippen molar-refractivity contribution in [1.29, 1.82) is 0 Å². The molecule has 6 nitrogen and oxygen atoms in total. The van der Waals surface area contributed by atoms with Crippen molar-refractivity contribution in [2.75, 3.05) is 17.7 Å². The fourth-order valence-corrected chi connectivity index (χ4v) is 3.46. The summed E-state index contributed by atoms with van der Waals surface area (Å²) < 4.78 is 6.79. The standard InChI is InChI=1S/C23H24ClN3O3S/c1-23(2,3)19-13-20(27(26-19)17-7-5-4-6-8-17)25-21(28)14-30-22(29)15-31-18-11-9-16(24)10-12-18/h4-13H,14-15H2,1-3H3,(H,25,28). The molecule has 3 rings (SSSR count). The third kappa shape index (κ3) is 6.60. The maximum absolute atomic E-state index is 12.4. The summed E-state index contributed by atoms with van der Waals surface area (Å²) in [6.45, 7) is 5.79. The molecule has 0 saturated carbocycles. The Balaban J connectivity index is 1.60. The van der Waals surface area contributed by atoms with Crippen molar-refractivity contribution in [3.63, 3.8) is 0 Å². The zero-order chi connectivity index (χ0) is 22.4. The Kier molecular flexibility index (Phi) is 7.41. The second-order valence-electron chi connectivity index (χ2n) is 7.86. The maximum atomic E-state index is 12.4. The summed E-state index contributed by atoms with van der Waals surface area (Å²) in [5, 5.41) is 8.08. The van der Waals surface area contributed by atoms with Crippen molar-refractivity contribution in [3.05, 3.63) is 71.4 Å². The molecule has 0 fully saturated rings. The zero-order valence-electron chi connectivity index (χ0n) is 17.6. The van der Waals surface area contributed by atoms with Crippen LogP contribution in [0.4, 0.5) is 5.82 Å². The number of rotatable bonds is 7. The maximum Gasteiger partial charge on any atom is 0.316 e. The van der Waals surface area contributed by atoms with E-state index >= 15 is 0 Å². The van der Waals surface area contributed by atoms with E-state index in [1.165, 1.54) is 11.8 Å². The number of esters is 1. The molecule has 1 aromatic heterocycles. The van der Waals surface area contributed by atoms with E-state index in [9.17, 15) is 9.59 Å². The summed E-state index contributed by atoms with van der Waals surface area (Å²) >= 11 is 7.17. The summed E-state index contributed by atoms with van der Waals surface area (Å²) in [4.78, 5) is 25.3. The number of halogens is 1. The van der Waals surface area contributed by atoms with Crippen LogP contribution in [-0.4, -0.2) is 34.0 Å². The van der Waals surface area contributed by atoms with Gasteiger partial charge in [-0.25, -0.2) is 4.68 Å². The highest BCUT2D eigenvalue weighted by Crippen LogP contribution is 2.26. The van der Waals surface area contributed by atoms with E-state index in [-0.39, 0.29) is 17.8 Å². The lowest BCUT2D eigenvalue weighted by atomic mass is 9.92. The third-order valence-electron chi connectivity index (χ3n) is 4.28. The number of nitrogens with one attached hydrogen (secondary N) is 1. The Labute approximate surface area is 190 Å². The van der Waals surface area contributed by atoms with Crippen LogP contribution < -0.4 is 5.32 Å². The van der Waals surface area contributed by atoms with Crippen LogP contribution in [0.5, 0.6) is 0 Å². The summed E-state index contributed by atoms with van der Waals surface area (Å²) in [6.07, 6.45) is 0. The largest absolute Gasteiger partial charge is 0.455 e. The molecule has 1 N–H and O–H groups in total. The van der Waals surface area contributed by atoms with Gasteiger partial charge < -0.3 is 10.1 Å². The minimum atomic E-state index is -0.470. The van der Waals surface area contributed by atoms with E-state index < -0.39 is 11.9 Å². The van der Waals surface area contributed by atoms with Gasteiger partial charge >= 0.3 is 5.97 Å². The van der Waals surface area contributed by atoms with Crippen LogP contribution in [0.2, 0.25) is 5.02 Å². The summed E-state index contributed by atoms with van der Waals surface area (Å²) in [6, 6.07) is 18.5. The number of carbonyl (C=O) groups excluding carboxylic acids is 2. The van der Waals surface area contributed by atoms with E-state index in [0.717, 1.165) is 16.3 Å². The van der Waals surface area contributed by atoms with Crippen LogP contribution in [0.25, 0.3) is 5.69 Å². The van der Waals surface area contributed by atoms with Gasteiger partial charge in [0.1, 0.15) is 5.82 Å². The number of benzene rings is 2. The van der Waals surface area contributed by atoms with Gasteiger partial charge in [0.15, 0.2) is 6.61 Å². The highest BCUT2D eigenvalue weighted by Gasteiger charge is 2.21. The highest BCUT2D eigenvalue weighted by atomic mass is 35.5. The average Bonchev–Trinajstić information content (AvgIpc) is 3.17. The Bertz CT molecular complexity index is 1040. The number of ether oxygens (including phenoxy) is 1. The molecular weight excluding hydrogens is 434 g/mol. The van der Waals surface area contributed by atoms with E-state index in [1.54, 1.807) is 16.8 Å². The molecule has 0 atom stereocenters. The lowest BCUT2D eigenvalue weighted by Gasteiger charge is -2.14. The van der Waals surface area contributed by atoms with Crippen molar-refractivity contribution >= 4 is 41.1 Å². The molecule has 1 amide bonds. The molecule has 0 spiro atoms. The predicted molar refractivity (Wildman–Crippen MR) is 124 cm³/mol. The number of hydrogen-bond acceptors (Lipinski definition) is 5. The molecule has 1 heterocycles. The number of amides is 1. The van der Waals surface area contributed by atoms with Gasteiger partial charge in [0.2, 0.25) is 0 Å². The summed E-state index contributed by atoms with van der Waals surface area (Å²) in [5.74, 6) is -0.275. The normalized spacial score (nSPS) is 11.2.